The summed E-state index contributed by atoms with van der Waals surface area (Å²) in [6, 6.07) is 3.12. The van der Waals surface area contributed by atoms with Crippen molar-refractivity contribution in [2.24, 2.45) is 0 Å². The summed E-state index contributed by atoms with van der Waals surface area (Å²) in [4.78, 5) is 1.98. The van der Waals surface area contributed by atoms with Gasteiger partial charge in [0, 0.05) is 37.8 Å². The van der Waals surface area contributed by atoms with E-state index < -0.39 is 17.6 Å². The van der Waals surface area contributed by atoms with Crippen LogP contribution in [-0.4, -0.2) is 31.1 Å². The van der Waals surface area contributed by atoms with Gasteiger partial charge in [0.15, 0.2) is 0 Å². The van der Waals surface area contributed by atoms with E-state index in [-0.39, 0.29) is 24.0 Å². The molecule has 20 heavy (non-hydrogen) atoms. The van der Waals surface area contributed by atoms with Crippen molar-refractivity contribution in [2.75, 3.05) is 26.2 Å². The van der Waals surface area contributed by atoms with E-state index in [1.165, 1.54) is 12.1 Å². The van der Waals surface area contributed by atoms with Crippen molar-refractivity contribution in [3.05, 3.63) is 35.1 Å². The van der Waals surface area contributed by atoms with Crippen LogP contribution < -0.4 is 5.32 Å². The lowest BCUT2D eigenvalue weighted by Crippen LogP contribution is -2.44. The van der Waals surface area contributed by atoms with Crippen LogP contribution in [0.3, 0.4) is 0 Å². The summed E-state index contributed by atoms with van der Waals surface area (Å²) in [5.74, 6) is -1.15. The van der Waals surface area contributed by atoms with Crippen molar-refractivity contribution < 1.29 is 17.6 Å². The van der Waals surface area contributed by atoms with E-state index in [1.807, 2.05) is 4.90 Å². The molecular formula is C13H17ClF4N2. The predicted molar refractivity (Wildman–Crippen MR) is 71.5 cm³/mol. The third-order valence-electron chi connectivity index (χ3n) is 3.48. The first-order valence-electron chi connectivity index (χ1n) is 6.21. The third-order valence-corrected chi connectivity index (χ3v) is 3.48. The molecule has 0 saturated carbocycles. The molecule has 2 nitrogen and oxygen atoms in total. The van der Waals surface area contributed by atoms with Crippen LogP contribution in [0.25, 0.3) is 0 Å². The van der Waals surface area contributed by atoms with Gasteiger partial charge in [-0.1, -0.05) is 12.1 Å². The van der Waals surface area contributed by atoms with Crippen LogP contribution in [0.2, 0.25) is 0 Å². The Morgan fingerprint density at radius 1 is 1.20 bits per heavy atom. The molecule has 0 spiro atoms. The SMILES string of the molecule is C[C@H](c1cccc(C(F)(F)F)c1F)N1CCNCC1.Cl. The van der Waals surface area contributed by atoms with Crippen LogP contribution in [0.15, 0.2) is 18.2 Å². The van der Waals surface area contributed by atoms with Crippen LogP contribution in [-0.2, 0) is 6.18 Å². The normalized spacial score (nSPS) is 18.4. The fourth-order valence-electron chi connectivity index (χ4n) is 2.36. The number of halogens is 5. The van der Waals surface area contributed by atoms with Crippen molar-refractivity contribution in [1.29, 1.82) is 0 Å². The average molecular weight is 313 g/mol. The first kappa shape index (κ1) is 17.2. The van der Waals surface area contributed by atoms with Gasteiger partial charge in [0.05, 0.1) is 5.56 Å². The zero-order valence-corrected chi connectivity index (χ0v) is 11.8. The summed E-state index contributed by atoms with van der Waals surface area (Å²) in [6.07, 6.45) is -4.65. The molecular weight excluding hydrogens is 296 g/mol. The summed E-state index contributed by atoms with van der Waals surface area (Å²) >= 11 is 0. The van der Waals surface area contributed by atoms with Gasteiger partial charge in [-0.25, -0.2) is 4.39 Å². The second-order valence-electron chi connectivity index (χ2n) is 4.67. The van der Waals surface area contributed by atoms with Crippen molar-refractivity contribution in [2.45, 2.75) is 19.1 Å². The Morgan fingerprint density at radius 3 is 2.35 bits per heavy atom. The molecule has 1 aromatic carbocycles. The van der Waals surface area contributed by atoms with Crippen LogP contribution in [0.5, 0.6) is 0 Å². The summed E-state index contributed by atoms with van der Waals surface area (Å²) in [5.41, 5.74) is -1.08. The van der Waals surface area contributed by atoms with Gasteiger partial charge in [-0.15, -0.1) is 12.4 Å². The average Bonchev–Trinajstić information content (AvgIpc) is 2.38. The Morgan fingerprint density at radius 2 is 1.80 bits per heavy atom. The molecule has 114 valence electrons. The lowest BCUT2D eigenvalue weighted by molar-refractivity contribution is -0.140. The molecule has 0 bridgehead atoms. The number of benzene rings is 1. The second kappa shape index (κ2) is 6.74. The van der Waals surface area contributed by atoms with Gasteiger partial charge >= 0.3 is 6.18 Å². The summed E-state index contributed by atoms with van der Waals surface area (Å²) in [5, 5.41) is 3.16. The standard InChI is InChI=1S/C13H16F4N2.ClH/c1-9(19-7-5-18-6-8-19)10-3-2-4-11(12(10)14)13(15,16)17;/h2-4,9,18H,5-8H2,1H3;1H/t9-;/m1./s1. The molecule has 1 N–H and O–H groups in total. The van der Waals surface area contributed by atoms with E-state index in [4.69, 9.17) is 0 Å². The molecule has 0 unspecified atom stereocenters. The number of piperazine rings is 1. The monoisotopic (exact) mass is 312 g/mol. The van der Waals surface area contributed by atoms with E-state index in [0.717, 1.165) is 19.2 Å². The Kier molecular flexibility index (Phi) is 5.79. The number of nitrogens with one attached hydrogen (secondary N) is 1. The largest absolute Gasteiger partial charge is 0.419 e. The number of hydrogen-bond donors (Lipinski definition) is 1. The quantitative estimate of drug-likeness (QED) is 0.844. The van der Waals surface area contributed by atoms with Crippen LogP contribution in [0, 0.1) is 5.82 Å². The van der Waals surface area contributed by atoms with Gasteiger partial charge < -0.3 is 5.32 Å². The molecule has 2 rings (SSSR count). The lowest BCUT2D eigenvalue weighted by atomic mass is 10.0. The number of alkyl halides is 3. The molecule has 1 aliphatic heterocycles. The minimum absolute atomic E-state index is 0. The highest BCUT2D eigenvalue weighted by molar-refractivity contribution is 5.85. The first-order valence-corrected chi connectivity index (χ1v) is 6.21. The lowest BCUT2D eigenvalue weighted by Gasteiger charge is -2.33. The molecule has 1 atom stereocenters. The second-order valence-corrected chi connectivity index (χ2v) is 4.67. The summed E-state index contributed by atoms with van der Waals surface area (Å²) in [6.45, 7) is 4.69. The summed E-state index contributed by atoms with van der Waals surface area (Å²) < 4.78 is 52.0. The van der Waals surface area contributed by atoms with Crippen molar-refractivity contribution in [1.82, 2.24) is 10.2 Å². The zero-order chi connectivity index (χ0) is 14.0. The smallest absolute Gasteiger partial charge is 0.314 e. The Bertz CT molecular complexity index is 444. The molecule has 1 fully saturated rings. The Labute approximate surface area is 121 Å². The molecule has 7 heteroatoms. The van der Waals surface area contributed by atoms with Crippen molar-refractivity contribution >= 4 is 12.4 Å². The van der Waals surface area contributed by atoms with E-state index in [1.54, 1.807) is 6.92 Å². The number of nitrogens with zero attached hydrogens (tertiary/aromatic N) is 1. The number of hydrogen-bond acceptors (Lipinski definition) is 2. The zero-order valence-electron chi connectivity index (χ0n) is 11.0. The fraction of sp³-hybridized carbons (Fsp3) is 0.538. The Hall–Kier alpha value is -0.850. The van der Waals surface area contributed by atoms with E-state index in [9.17, 15) is 17.6 Å². The Balaban J connectivity index is 0.00000200. The molecule has 0 aliphatic carbocycles. The number of rotatable bonds is 2. The topological polar surface area (TPSA) is 15.3 Å². The highest BCUT2D eigenvalue weighted by Crippen LogP contribution is 2.34. The molecule has 1 aliphatic rings. The van der Waals surface area contributed by atoms with Crippen LogP contribution in [0.4, 0.5) is 17.6 Å². The van der Waals surface area contributed by atoms with Crippen LogP contribution >= 0.6 is 12.4 Å². The molecule has 0 amide bonds. The molecule has 0 aromatic heterocycles. The minimum Gasteiger partial charge on any atom is -0.314 e. The van der Waals surface area contributed by atoms with Gasteiger partial charge in [0.2, 0.25) is 0 Å². The van der Waals surface area contributed by atoms with Crippen molar-refractivity contribution in [3.63, 3.8) is 0 Å². The highest BCUT2D eigenvalue weighted by atomic mass is 35.5. The van der Waals surface area contributed by atoms with Gasteiger partial charge in [-0.05, 0) is 13.0 Å². The van der Waals surface area contributed by atoms with Gasteiger partial charge in [-0.3, -0.25) is 4.90 Å². The van der Waals surface area contributed by atoms with E-state index in [2.05, 4.69) is 5.32 Å². The van der Waals surface area contributed by atoms with Gasteiger partial charge in [0.25, 0.3) is 0 Å². The highest BCUT2D eigenvalue weighted by Gasteiger charge is 2.35. The fourth-order valence-corrected chi connectivity index (χ4v) is 2.36. The van der Waals surface area contributed by atoms with Crippen molar-refractivity contribution in [3.8, 4) is 0 Å². The first-order chi connectivity index (χ1) is 8.91. The minimum atomic E-state index is -4.65. The summed E-state index contributed by atoms with van der Waals surface area (Å²) in [7, 11) is 0. The third kappa shape index (κ3) is 3.62. The van der Waals surface area contributed by atoms with Crippen LogP contribution in [0.1, 0.15) is 24.1 Å². The molecule has 1 aromatic rings. The molecule has 0 radical (unpaired) electrons. The molecule has 1 saturated heterocycles. The van der Waals surface area contributed by atoms with Gasteiger partial charge in [-0.2, -0.15) is 13.2 Å². The van der Waals surface area contributed by atoms with E-state index >= 15 is 0 Å². The van der Waals surface area contributed by atoms with Gasteiger partial charge in [0.1, 0.15) is 5.82 Å². The molecule has 1 heterocycles. The maximum Gasteiger partial charge on any atom is 0.419 e. The van der Waals surface area contributed by atoms with E-state index in [0.29, 0.717) is 13.1 Å². The predicted octanol–water partition coefficient (Wildman–Crippen LogP) is 3.23. The maximum atomic E-state index is 14.0. The maximum absolute atomic E-state index is 14.0.